The van der Waals surface area contributed by atoms with Gasteiger partial charge in [-0.3, -0.25) is 9.59 Å². The van der Waals surface area contributed by atoms with E-state index < -0.39 is 0 Å². The number of aromatic nitrogens is 1. The van der Waals surface area contributed by atoms with Crippen LogP contribution in [-0.2, 0) is 11.2 Å². The molecule has 1 aromatic carbocycles. The summed E-state index contributed by atoms with van der Waals surface area (Å²) in [6.07, 6.45) is 3.01. The van der Waals surface area contributed by atoms with Gasteiger partial charge in [-0.05, 0) is 30.3 Å². The summed E-state index contributed by atoms with van der Waals surface area (Å²) in [4.78, 5) is 31.9. The molecule has 1 N–H and O–H groups in total. The highest BCUT2D eigenvalue weighted by atomic mass is 16.5. The SMILES string of the molecule is O=C(Cc1ccc[nH]1)N1CCN(C(=O)c2ccc3c(c2)OCCCO3)CC1. The van der Waals surface area contributed by atoms with Crippen molar-refractivity contribution in [2.45, 2.75) is 12.8 Å². The van der Waals surface area contributed by atoms with E-state index in [-0.39, 0.29) is 11.8 Å². The number of rotatable bonds is 3. The van der Waals surface area contributed by atoms with Gasteiger partial charge in [0.15, 0.2) is 11.5 Å². The Hall–Kier alpha value is -2.96. The number of hydrogen-bond acceptors (Lipinski definition) is 4. The zero-order valence-corrected chi connectivity index (χ0v) is 15.1. The molecule has 2 aliphatic heterocycles. The van der Waals surface area contributed by atoms with Crippen LogP contribution in [0.15, 0.2) is 36.5 Å². The molecular weight excluding hydrogens is 346 g/mol. The van der Waals surface area contributed by atoms with Gasteiger partial charge in [0.05, 0.1) is 19.6 Å². The number of piperazine rings is 1. The van der Waals surface area contributed by atoms with Crippen LogP contribution in [0.3, 0.4) is 0 Å². The average Bonchev–Trinajstić information content (AvgIpc) is 3.09. The molecule has 1 aromatic heterocycles. The topological polar surface area (TPSA) is 74.9 Å². The maximum Gasteiger partial charge on any atom is 0.254 e. The summed E-state index contributed by atoms with van der Waals surface area (Å²) in [7, 11) is 0. The number of carbonyl (C=O) groups is 2. The smallest absolute Gasteiger partial charge is 0.254 e. The van der Waals surface area contributed by atoms with Crippen molar-refractivity contribution in [3.8, 4) is 11.5 Å². The first kappa shape index (κ1) is 17.5. The van der Waals surface area contributed by atoms with Crippen LogP contribution >= 0.6 is 0 Å². The van der Waals surface area contributed by atoms with Crippen LogP contribution in [0, 0.1) is 0 Å². The summed E-state index contributed by atoms with van der Waals surface area (Å²) in [6.45, 7) is 3.38. The van der Waals surface area contributed by atoms with Crippen LogP contribution in [0.4, 0.5) is 0 Å². The number of aromatic amines is 1. The molecule has 3 heterocycles. The Bertz CT molecular complexity index is 811. The molecule has 0 bridgehead atoms. The van der Waals surface area contributed by atoms with E-state index in [9.17, 15) is 9.59 Å². The fourth-order valence-electron chi connectivity index (χ4n) is 3.39. The standard InChI is InChI=1S/C20H23N3O4/c24-19(14-16-3-1-6-21-16)22-7-9-23(10-8-22)20(25)15-4-5-17-18(13-15)27-12-2-11-26-17/h1,3-6,13,21H,2,7-12,14H2. The lowest BCUT2D eigenvalue weighted by molar-refractivity contribution is -0.132. The number of amides is 2. The molecule has 0 aliphatic carbocycles. The lowest BCUT2D eigenvalue weighted by atomic mass is 10.1. The fraction of sp³-hybridized carbons (Fsp3) is 0.400. The van der Waals surface area contributed by atoms with E-state index in [1.165, 1.54) is 0 Å². The van der Waals surface area contributed by atoms with Crippen molar-refractivity contribution >= 4 is 11.8 Å². The zero-order valence-electron chi connectivity index (χ0n) is 15.1. The van der Waals surface area contributed by atoms with Crippen LogP contribution in [0.25, 0.3) is 0 Å². The third-order valence-electron chi connectivity index (χ3n) is 4.92. The number of fused-ring (bicyclic) bond motifs is 1. The van der Waals surface area contributed by atoms with Crippen LogP contribution in [-0.4, -0.2) is 66.0 Å². The normalized spacial score (nSPS) is 16.7. The van der Waals surface area contributed by atoms with E-state index in [1.54, 1.807) is 23.1 Å². The van der Waals surface area contributed by atoms with Gasteiger partial charge in [0, 0.05) is 50.1 Å². The van der Waals surface area contributed by atoms with Gasteiger partial charge in [-0.25, -0.2) is 0 Å². The van der Waals surface area contributed by atoms with Crippen molar-refractivity contribution in [1.29, 1.82) is 0 Å². The van der Waals surface area contributed by atoms with Crippen LogP contribution in [0.5, 0.6) is 11.5 Å². The Morgan fingerprint density at radius 2 is 1.70 bits per heavy atom. The van der Waals surface area contributed by atoms with E-state index in [2.05, 4.69) is 4.98 Å². The summed E-state index contributed by atoms with van der Waals surface area (Å²) in [6, 6.07) is 9.12. The lowest BCUT2D eigenvalue weighted by Gasteiger charge is -2.35. The number of ether oxygens (including phenoxy) is 2. The molecule has 0 spiro atoms. The van der Waals surface area contributed by atoms with Gasteiger partial charge < -0.3 is 24.3 Å². The summed E-state index contributed by atoms with van der Waals surface area (Å²) in [5.74, 6) is 1.35. The van der Waals surface area contributed by atoms with Crippen LogP contribution in [0.2, 0.25) is 0 Å². The molecule has 0 atom stereocenters. The molecule has 2 aromatic rings. The van der Waals surface area contributed by atoms with Gasteiger partial charge in [0.1, 0.15) is 0 Å². The van der Waals surface area contributed by atoms with Gasteiger partial charge in [0.2, 0.25) is 5.91 Å². The Balaban J connectivity index is 1.36. The van der Waals surface area contributed by atoms with Crippen molar-refractivity contribution in [3.63, 3.8) is 0 Å². The van der Waals surface area contributed by atoms with Gasteiger partial charge in [-0.1, -0.05) is 0 Å². The van der Waals surface area contributed by atoms with Crippen LogP contribution in [0.1, 0.15) is 22.5 Å². The molecule has 2 amide bonds. The summed E-state index contributed by atoms with van der Waals surface area (Å²) in [5.41, 5.74) is 1.50. The predicted molar refractivity (Wildman–Crippen MR) is 99.0 cm³/mol. The summed E-state index contributed by atoms with van der Waals surface area (Å²) < 4.78 is 11.3. The molecule has 1 saturated heterocycles. The number of benzene rings is 1. The minimum atomic E-state index is -0.0397. The van der Waals surface area contributed by atoms with Crippen LogP contribution < -0.4 is 9.47 Å². The molecule has 27 heavy (non-hydrogen) atoms. The maximum atomic E-state index is 12.8. The highest BCUT2D eigenvalue weighted by Crippen LogP contribution is 2.30. The molecule has 4 rings (SSSR count). The number of carbonyl (C=O) groups excluding carboxylic acids is 2. The van der Waals surface area contributed by atoms with Gasteiger partial charge in [-0.2, -0.15) is 0 Å². The Morgan fingerprint density at radius 1 is 0.963 bits per heavy atom. The molecule has 1 fully saturated rings. The first-order valence-electron chi connectivity index (χ1n) is 9.30. The minimum absolute atomic E-state index is 0.0397. The molecule has 7 nitrogen and oxygen atoms in total. The van der Waals surface area contributed by atoms with Gasteiger partial charge >= 0.3 is 0 Å². The number of H-pyrrole nitrogens is 1. The molecule has 2 aliphatic rings. The number of nitrogens with one attached hydrogen (secondary N) is 1. The summed E-state index contributed by atoms with van der Waals surface area (Å²) in [5, 5.41) is 0. The Morgan fingerprint density at radius 3 is 2.44 bits per heavy atom. The van der Waals surface area contributed by atoms with E-state index >= 15 is 0 Å². The predicted octanol–water partition coefficient (Wildman–Crippen LogP) is 1.70. The monoisotopic (exact) mass is 369 g/mol. The largest absolute Gasteiger partial charge is 0.490 e. The van der Waals surface area contributed by atoms with E-state index in [1.807, 2.05) is 23.2 Å². The second kappa shape index (κ2) is 7.73. The average molecular weight is 369 g/mol. The Kier molecular flexibility index (Phi) is 5.00. The Labute approximate surface area is 157 Å². The van der Waals surface area contributed by atoms with Gasteiger partial charge in [0.25, 0.3) is 5.91 Å². The molecule has 0 unspecified atom stereocenters. The van der Waals surface area contributed by atoms with Gasteiger partial charge in [-0.15, -0.1) is 0 Å². The molecular formula is C20H23N3O4. The lowest BCUT2D eigenvalue weighted by Crippen LogP contribution is -2.51. The molecule has 0 saturated carbocycles. The van der Waals surface area contributed by atoms with E-state index in [4.69, 9.17) is 9.47 Å². The zero-order chi connectivity index (χ0) is 18.6. The minimum Gasteiger partial charge on any atom is -0.490 e. The van der Waals surface area contributed by atoms with Crippen molar-refractivity contribution in [1.82, 2.24) is 14.8 Å². The van der Waals surface area contributed by atoms with Crippen molar-refractivity contribution in [2.75, 3.05) is 39.4 Å². The quantitative estimate of drug-likeness (QED) is 0.894. The second-order valence-electron chi connectivity index (χ2n) is 6.76. The molecule has 0 radical (unpaired) electrons. The van der Waals surface area contributed by atoms with Crippen molar-refractivity contribution in [2.24, 2.45) is 0 Å². The second-order valence-corrected chi connectivity index (χ2v) is 6.76. The molecule has 142 valence electrons. The highest BCUT2D eigenvalue weighted by Gasteiger charge is 2.25. The maximum absolute atomic E-state index is 12.8. The van der Waals surface area contributed by atoms with Crippen molar-refractivity contribution < 1.29 is 19.1 Å². The first-order chi connectivity index (χ1) is 13.2. The number of hydrogen-bond donors (Lipinski definition) is 1. The number of nitrogens with zero attached hydrogens (tertiary/aromatic N) is 2. The summed E-state index contributed by atoms with van der Waals surface area (Å²) >= 11 is 0. The first-order valence-corrected chi connectivity index (χ1v) is 9.30. The van der Waals surface area contributed by atoms with Crippen molar-refractivity contribution in [3.05, 3.63) is 47.8 Å². The van der Waals surface area contributed by atoms with E-state index in [0.717, 1.165) is 12.1 Å². The molecule has 7 heteroatoms. The third-order valence-corrected chi connectivity index (χ3v) is 4.92. The van der Waals surface area contributed by atoms with E-state index in [0.29, 0.717) is 62.9 Å². The fourth-order valence-corrected chi connectivity index (χ4v) is 3.39. The highest BCUT2D eigenvalue weighted by molar-refractivity contribution is 5.95. The third kappa shape index (κ3) is 3.92.